The van der Waals surface area contributed by atoms with E-state index < -0.39 is 10.0 Å². The number of nitrogens with zero attached hydrogens (tertiary/aromatic N) is 1. The van der Waals surface area contributed by atoms with Gasteiger partial charge in [-0.3, -0.25) is 9.10 Å². The predicted molar refractivity (Wildman–Crippen MR) is 118 cm³/mol. The maximum atomic E-state index is 12.7. The summed E-state index contributed by atoms with van der Waals surface area (Å²) in [5.74, 6) is 0.399. The van der Waals surface area contributed by atoms with Crippen LogP contribution in [0, 0.1) is 0 Å². The van der Waals surface area contributed by atoms with Crippen LogP contribution in [0.1, 0.15) is 10.4 Å². The van der Waals surface area contributed by atoms with Crippen molar-refractivity contribution in [3.8, 4) is 5.75 Å². The van der Waals surface area contributed by atoms with Gasteiger partial charge in [0.05, 0.1) is 17.1 Å². The lowest BCUT2D eigenvalue weighted by molar-refractivity contribution is 0.0947. The fourth-order valence-corrected chi connectivity index (χ4v) is 4.02. The Morgan fingerprint density at radius 3 is 2.23 bits per heavy atom. The summed E-state index contributed by atoms with van der Waals surface area (Å²) in [6.45, 7) is 0.634. The van der Waals surface area contributed by atoms with Crippen LogP contribution in [0.15, 0.2) is 83.8 Å². The predicted octanol–water partition coefficient (Wildman–Crippen LogP) is 3.97. The van der Waals surface area contributed by atoms with Crippen molar-refractivity contribution in [3.63, 3.8) is 0 Å². The number of benzene rings is 3. The minimum Gasteiger partial charge on any atom is -0.492 e. The molecule has 1 N–H and O–H groups in total. The Labute approximate surface area is 181 Å². The molecular formula is C22H21ClN2O4S. The SMILES string of the molecule is CN(c1ccc(C(=O)NCCOc2ccc(Cl)cc2)cc1)S(=O)(=O)c1ccccc1. The number of rotatable bonds is 8. The highest BCUT2D eigenvalue weighted by atomic mass is 35.5. The van der Waals surface area contributed by atoms with Gasteiger partial charge >= 0.3 is 0 Å². The van der Waals surface area contributed by atoms with E-state index in [1.54, 1.807) is 78.9 Å². The summed E-state index contributed by atoms with van der Waals surface area (Å²) in [6.07, 6.45) is 0. The van der Waals surface area contributed by atoms with Crippen LogP contribution in [0.5, 0.6) is 5.75 Å². The Bertz CT molecular complexity index is 1090. The fourth-order valence-electron chi connectivity index (χ4n) is 2.68. The third-order valence-electron chi connectivity index (χ3n) is 4.36. The third-order valence-corrected chi connectivity index (χ3v) is 6.42. The largest absolute Gasteiger partial charge is 0.492 e. The molecule has 0 unspecified atom stereocenters. The standard InChI is InChI=1S/C22H21ClN2O4S/c1-25(30(27,28)21-5-3-2-4-6-21)19-11-7-17(8-12-19)22(26)24-15-16-29-20-13-9-18(23)10-14-20/h2-14H,15-16H2,1H3,(H,24,26). The van der Waals surface area contributed by atoms with Crippen molar-refractivity contribution in [2.24, 2.45) is 0 Å². The van der Waals surface area contributed by atoms with Crippen molar-refractivity contribution in [1.29, 1.82) is 0 Å². The second-order valence-corrected chi connectivity index (χ2v) is 8.80. The minimum absolute atomic E-state index is 0.204. The molecule has 0 aliphatic heterocycles. The average Bonchev–Trinajstić information content (AvgIpc) is 2.78. The first-order chi connectivity index (χ1) is 14.4. The second kappa shape index (κ2) is 9.65. The van der Waals surface area contributed by atoms with Gasteiger partial charge in [-0.2, -0.15) is 0 Å². The number of ether oxygens (including phenoxy) is 1. The lowest BCUT2D eigenvalue weighted by Gasteiger charge is -2.19. The van der Waals surface area contributed by atoms with Gasteiger partial charge in [0.25, 0.3) is 15.9 Å². The molecule has 156 valence electrons. The summed E-state index contributed by atoms with van der Waals surface area (Å²) in [5.41, 5.74) is 0.886. The molecule has 0 saturated heterocycles. The highest BCUT2D eigenvalue weighted by Gasteiger charge is 2.21. The zero-order valence-electron chi connectivity index (χ0n) is 16.3. The van der Waals surface area contributed by atoms with Gasteiger partial charge in [0.15, 0.2) is 0 Å². The molecule has 0 fully saturated rings. The number of nitrogens with one attached hydrogen (secondary N) is 1. The molecule has 0 atom stereocenters. The molecule has 6 nitrogen and oxygen atoms in total. The molecule has 0 saturated carbocycles. The topological polar surface area (TPSA) is 75.7 Å². The maximum Gasteiger partial charge on any atom is 0.264 e. The van der Waals surface area contributed by atoms with Crippen molar-refractivity contribution in [2.45, 2.75) is 4.90 Å². The van der Waals surface area contributed by atoms with Crippen molar-refractivity contribution < 1.29 is 17.9 Å². The smallest absolute Gasteiger partial charge is 0.264 e. The third kappa shape index (κ3) is 5.31. The lowest BCUT2D eigenvalue weighted by Crippen LogP contribution is -2.28. The van der Waals surface area contributed by atoms with Crippen molar-refractivity contribution in [1.82, 2.24) is 5.32 Å². The molecule has 3 aromatic rings. The lowest BCUT2D eigenvalue weighted by atomic mass is 10.2. The first kappa shape index (κ1) is 21.7. The highest BCUT2D eigenvalue weighted by molar-refractivity contribution is 7.92. The van der Waals surface area contributed by atoms with Gasteiger partial charge in [0, 0.05) is 17.6 Å². The Kier molecular flexibility index (Phi) is 6.97. The molecule has 1 amide bonds. The molecule has 0 aromatic heterocycles. The fraction of sp³-hybridized carbons (Fsp3) is 0.136. The first-order valence-corrected chi connectivity index (χ1v) is 11.0. The molecule has 8 heteroatoms. The number of hydrogen-bond donors (Lipinski definition) is 1. The number of sulfonamides is 1. The van der Waals surface area contributed by atoms with Gasteiger partial charge < -0.3 is 10.1 Å². The van der Waals surface area contributed by atoms with Gasteiger partial charge in [-0.1, -0.05) is 29.8 Å². The normalized spacial score (nSPS) is 11.0. The Hall–Kier alpha value is -3.03. The Morgan fingerprint density at radius 2 is 1.60 bits per heavy atom. The van der Waals surface area contributed by atoms with E-state index in [1.807, 2.05) is 0 Å². The summed E-state index contributed by atoms with van der Waals surface area (Å²) in [4.78, 5) is 12.5. The van der Waals surface area contributed by atoms with Crippen molar-refractivity contribution >= 4 is 33.2 Å². The zero-order chi connectivity index (χ0) is 21.6. The van der Waals surface area contributed by atoms with Gasteiger partial charge in [-0.05, 0) is 60.7 Å². The van der Waals surface area contributed by atoms with Gasteiger partial charge in [0.1, 0.15) is 12.4 Å². The molecule has 0 aliphatic carbocycles. The minimum atomic E-state index is -3.66. The zero-order valence-corrected chi connectivity index (χ0v) is 17.9. The number of amides is 1. The first-order valence-electron chi connectivity index (χ1n) is 9.18. The number of carbonyl (C=O) groups is 1. The monoisotopic (exact) mass is 444 g/mol. The quantitative estimate of drug-likeness (QED) is 0.533. The van der Waals surface area contributed by atoms with Crippen LogP contribution in [-0.4, -0.2) is 34.5 Å². The maximum absolute atomic E-state index is 12.7. The summed E-state index contributed by atoms with van der Waals surface area (Å²) in [5, 5.41) is 3.39. The van der Waals surface area contributed by atoms with E-state index in [-0.39, 0.29) is 10.8 Å². The van der Waals surface area contributed by atoms with Crippen molar-refractivity contribution in [2.75, 3.05) is 24.5 Å². The molecule has 0 aliphatic rings. The van der Waals surface area contributed by atoms with Crippen LogP contribution in [0.25, 0.3) is 0 Å². The highest BCUT2D eigenvalue weighted by Crippen LogP contribution is 2.22. The van der Waals surface area contributed by atoms with Crippen LogP contribution >= 0.6 is 11.6 Å². The average molecular weight is 445 g/mol. The van der Waals surface area contributed by atoms with Crippen LogP contribution in [0.4, 0.5) is 5.69 Å². The Morgan fingerprint density at radius 1 is 0.967 bits per heavy atom. The van der Waals surface area contributed by atoms with Gasteiger partial charge in [0.2, 0.25) is 0 Å². The van der Waals surface area contributed by atoms with Crippen LogP contribution < -0.4 is 14.4 Å². The molecular weight excluding hydrogens is 424 g/mol. The number of carbonyl (C=O) groups excluding carboxylic acids is 1. The van der Waals surface area contributed by atoms with E-state index in [9.17, 15) is 13.2 Å². The molecule has 0 bridgehead atoms. The second-order valence-electron chi connectivity index (χ2n) is 6.39. The van der Waals surface area contributed by atoms with Gasteiger partial charge in [-0.25, -0.2) is 8.42 Å². The van der Waals surface area contributed by atoms with Crippen LogP contribution in [-0.2, 0) is 10.0 Å². The van der Waals surface area contributed by atoms with Gasteiger partial charge in [-0.15, -0.1) is 0 Å². The summed E-state index contributed by atoms with van der Waals surface area (Å²) < 4.78 is 32.1. The number of anilines is 1. The van der Waals surface area contributed by atoms with E-state index in [1.165, 1.54) is 11.4 Å². The molecule has 0 spiro atoms. The molecule has 3 aromatic carbocycles. The molecule has 30 heavy (non-hydrogen) atoms. The van der Waals surface area contributed by atoms with Crippen LogP contribution in [0.2, 0.25) is 5.02 Å². The number of hydrogen-bond acceptors (Lipinski definition) is 4. The van der Waals surface area contributed by atoms with E-state index in [4.69, 9.17) is 16.3 Å². The number of halogens is 1. The summed E-state index contributed by atoms with van der Waals surface area (Å²) in [6, 6.07) is 21.5. The summed E-state index contributed by atoms with van der Waals surface area (Å²) in [7, 11) is -2.19. The van der Waals surface area contributed by atoms with Crippen molar-refractivity contribution in [3.05, 3.63) is 89.4 Å². The Balaban J connectivity index is 1.55. The molecule has 3 rings (SSSR count). The molecule has 0 heterocycles. The van der Waals surface area contributed by atoms with E-state index in [0.717, 1.165) is 0 Å². The van der Waals surface area contributed by atoms with E-state index in [0.29, 0.717) is 35.2 Å². The van der Waals surface area contributed by atoms with Crippen LogP contribution in [0.3, 0.4) is 0 Å². The molecule has 0 radical (unpaired) electrons. The van der Waals surface area contributed by atoms with E-state index >= 15 is 0 Å². The summed E-state index contributed by atoms with van der Waals surface area (Å²) >= 11 is 5.82. The van der Waals surface area contributed by atoms with E-state index in [2.05, 4.69) is 5.32 Å².